The Morgan fingerprint density at radius 3 is 0.842 bits per heavy atom. The van der Waals surface area contributed by atoms with Gasteiger partial charge in [-0.3, -0.25) is 0 Å². The van der Waals surface area contributed by atoms with Gasteiger partial charge in [-0.25, -0.2) is 4.20 Å². The molecule has 19 heavy (non-hydrogen) atoms. The van der Waals surface area contributed by atoms with Gasteiger partial charge in [-0.2, -0.15) is 0 Å². The van der Waals surface area contributed by atoms with Crippen molar-refractivity contribution in [3.8, 4) is 0 Å². The molecule has 0 rings (SSSR count). The van der Waals surface area contributed by atoms with Crippen LogP contribution in [0.5, 0.6) is 0 Å². The van der Waals surface area contributed by atoms with Gasteiger partial charge in [0.1, 0.15) is 47.5 Å². The van der Waals surface area contributed by atoms with Crippen molar-refractivity contribution in [3.05, 3.63) is 0 Å². The molecule has 0 aliphatic heterocycles. The van der Waals surface area contributed by atoms with Gasteiger partial charge in [-0.05, 0) is 0 Å². The smallest absolute Gasteiger partial charge is 0.142 e. The molecular formula is C12H30FO5P. The average molecular weight is 304 g/mol. The summed E-state index contributed by atoms with van der Waals surface area (Å²) in [5.41, 5.74) is 0. The van der Waals surface area contributed by atoms with E-state index in [0.717, 1.165) is 39.6 Å². The lowest BCUT2D eigenvalue weighted by Crippen LogP contribution is -2.11. The summed E-state index contributed by atoms with van der Waals surface area (Å²) in [6.07, 6.45) is 0. The molecule has 0 heterocycles. The SMILES string of the molecule is CC[O+](CC)CC.CC[O+](CC)CC.O=P([O-])([O-])F. The van der Waals surface area contributed by atoms with Crippen LogP contribution in [0, 0.1) is 0 Å². The third kappa shape index (κ3) is 32.0. The Bertz CT molecular complexity index is 171. The highest BCUT2D eigenvalue weighted by atomic mass is 31.2. The van der Waals surface area contributed by atoms with Gasteiger partial charge in [0.25, 0.3) is 0 Å². The van der Waals surface area contributed by atoms with Crippen LogP contribution in [0.2, 0.25) is 0 Å². The van der Waals surface area contributed by atoms with Crippen LogP contribution in [0.1, 0.15) is 41.5 Å². The van der Waals surface area contributed by atoms with Crippen molar-refractivity contribution in [1.29, 1.82) is 0 Å². The summed E-state index contributed by atoms with van der Waals surface area (Å²) in [5.74, 6) is 0. The predicted molar refractivity (Wildman–Crippen MR) is 74.1 cm³/mol. The first-order valence-corrected chi connectivity index (χ1v) is 8.12. The van der Waals surface area contributed by atoms with Crippen LogP contribution < -0.4 is 9.79 Å². The Hall–Kier alpha value is -0.0000000000000000555. The summed E-state index contributed by atoms with van der Waals surface area (Å²) in [6.45, 7) is 19.5. The maximum atomic E-state index is 10.1. The molecule has 5 nitrogen and oxygen atoms in total. The highest BCUT2D eigenvalue weighted by molar-refractivity contribution is 7.42. The molecule has 0 N–H and O–H groups in total. The molecule has 7 heteroatoms. The van der Waals surface area contributed by atoms with Crippen LogP contribution >= 0.6 is 7.91 Å². The quantitative estimate of drug-likeness (QED) is 0.556. The van der Waals surface area contributed by atoms with Crippen LogP contribution in [0.25, 0.3) is 0 Å². The van der Waals surface area contributed by atoms with Crippen LogP contribution in [0.4, 0.5) is 4.20 Å². The minimum Gasteiger partial charge on any atom is -0.786 e. The lowest BCUT2D eigenvalue weighted by molar-refractivity contribution is -0.328. The van der Waals surface area contributed by atoms with Crippen LogP contribution in [0.15, 0.2) is 0 Å². The van der Waals surface area contributed by atoms with Gasteiger partial charge in [0.15, 0.2) is 0 Å². The van der Waals surface area contributed by atoms with Crippen molar-refractivity contribution in [2.75, 3.05) is 39.6 Å². The highest BCUT2D eigenvalue weighted by Crippen LogP contribution is 2.22. The van der Waals surface area contributed by atoms with Crippen molar-refractivity contribution >= 4 is 7.91 Å². The molecule has 0 fully saturated rings. The number of hydrogen-bond acceptors (Lipinski definition) is 3. The van der Waals surface area contributed by atoms with Gasteiger partial charge < -0.3 is 23.1 Å². The second-order valence-corrected chi connectivity index (χ2v) is 4.25. The van der Waals surface area contributed by atoms with Gasteiger partial charge >= 0.3 is 0 Å². The molecular weight excluding hydrogens is 274 g/mol. The number of rotatable bonds is 6. The monoisotopic (exact) mass is 304 g/mol. The molecule has 0 amide bonds. The minimum atomic E-state index is -5.64. The molecule has 0 bridgehead atoms. The molecule has 0 aliphatic rings. The molecule has 0 spiro atoms. The summed E-state index contributed by atoms with van der Waals surface area (Å²) >= 11 is 0. The van der Waals surface area contributed by atoms with Crippen molar-refractivity contribution in [1.82, 2.24) is 0 Å². The van der Waals surface area contributed by atoms with Gasteiger partial charge in [-0.15, -0.1) is 0 Å². The van der Waals surface area contributed by atoms with Gasteiger partial charge in [0.2, 0.25) is 0 Å². The Kier molecular flexibility index (Phi) is 20.3. The topological polar surface area (TPSA) is 68.6 Å². The number of halogens is 1. The first-order valence-electron chi connectivity index (χ1n) is 6.69. The van der Waals surface area contributed by atoms with E-state index in [1.807, 2.05) is 0 Å². The van der Waals surface area contributed by atoms with E-state index >= 15 is 0 Å². The van der Waals surface area contributed by atoms with Crippen molar-refractivity contribution in [3.63, 3.8) is 0 Å². The maximum absolute atomic E-state index is 10.1. The van der Waals surface area contributed by atoms with E-state index in [1.54, 1.807) is 0 Å². The first-order chi connectivity index (χ1) is 8.69. The largest absolute Gasteiger partial charge is 0.786 e. The van der Waals surface area contributed by atoms with Gasteiger partial charge in [0.05, 0.1) is 0 Å². The average Bonchev–Trinajstić information content (AvgIpc) is 2.32. The van der Waals surface area contributed by atoms with Gasteiger partial charge in [-0.1, -0.05) is 0 Å². The molecule has 0 aromatic heterocycles. The van der Waals surface area contributed by atoms with Gasteiger partial charge in [0, 0.05) is 41.5 Å². The molecule has 0 saturated heterocycles. The fourth-order valence-corrected chi connectivity index (χ4v) is 1.22. The standard InChI is InChI=1S/2C6H15O.FH2O3P/c2*1-4-7(5-2)6-3;1-5(2,3)4/h2*4-6H2,1-3H3;(H2,2,3,4)/q2*+1;/p-2. The Labute approximate surface area is 117 Å². The predicted octanol–water partition coefficient (Wildman–Crippen LogP) is 1.98. The fourth-order valence-electron chi connectivity index (χ4n) is 1.22. The molecule has 0 aromatic carbocycles. The Balaban J connectivity index is -0.000000206. The van der Waals surface area contributed by atoms with Crippen molar-refractivity contribution in [2.45, 2.75) is 41.5 Å². The second-order valence-electron chi connectivity index (χ2n) is 3.39. The lowest BCUT2D eigenvalue weighted by atomic mass is 10.7. The zero-order valence-corrected chi connectivity index (χ0v) is 14.0. The molecule has 0 aromatic rings. The Morgan fingerprint density at radius 1 is 0.737 bits per heavy atom. The van der Waals surface area contributed by atoms with E-state index in [-0.39, 0.29) is 0 Å². The third-order valence-corrected chi connectivity index (χ3v) is 2.45. The molecule has 120 valence electrons. The first kappa shape index (κ1) is 24.0. The molecule has 0 aliphatic carbocycles. The van der Waals surface area contributed by atoms with E-state index in [9.17, 15) is 4.20 Å². The number of hydrogen-bond donors (Lipinski definition) is 0. The molecule has 0 unspecified atom stereocenters. The highest BCUT2D eigenvalue weighted by Gasteiger charge is 1.94. The van der Waals surface area contributed by atoms with E-state index in [0.29, 0.717) is 0 Å². The minimum absolute atomic E-state index is 1.10. The zero-order chi connectivity index (χ0) is 15.9. The summed E-state index contributed by atoms with van der Waals surface area (Å²) in [7, 11) is -5.64. The normalized spacial score (nSPS) is 10.7. The zero-order valence-electron chi connectivity index (χ0n) is 13.1. The summed E-state index contributed by atoms with van der Waals surface area (Å²) < 4.78 is 24.7. The van der Waals surface area contributed by atoms with Crippen LogP contribution in [0.3, 0.4) is 0 Å². The van der Waals surface area contributed by atoms with E-state index < -0.39 is 7.91 Å². The van der Waals surface area contributed by atoms with Crippen molar-refractivity contribution in [2.24, 2.45) is 0 Å². The fraction of sp³-hybridized carbons (Fsp3) is 1.00. The van der Waals surface area contributed by atoms with E-state index in [1.165, 1.54) is 0 Å². The van der Waals surface area contributed by atoms with E-state index in [2.05, 4.69) is 50.3 Å². The maximum Gasteiger partial charge on any atom is 0.142 e. The third-order valence-electron chi connectivity index (χ3n) is 2.45. The summed E-state index contributed by atoms with van der Waals surface area (Å²) in [5, 5.41) is 0. The summed E-state index contributed by atoms with van der Waals surface area (Å²) in [4.78, 5) is 16.9. The second kappa shape index (κ2) is 16.1. The summed E-state index contributed by atoms with van der Waals surface area (Å²) in [6, 6.07) is 0. The lowest BCUT2D eigenvalue weighted by Gasteiger charge is -2.15. The molecule has 0 atom stereocenters. The van der Waals surface area contributed by atoms with Crippen molar-refractivity contribution < 1.29 is 27.3 Å². The van der Waals surface area contributed by atoms with Crippen LogP contribution in [-0.4, -0.2) is 39.6 Å². The Morgan fingerprint density at radius 2 is 0.842 bits per heavy atom. The molecule has 0 saturated carbocycles. The van der Waals surface area contributed by atoms with E-state index in [4.69, 9.17) is 14.4 Å². The molecule has 0 radical (unpaired) electrons. The van der Waals surface area contributed by atoms with Crippen LogP contribution in [-0.2, 0) is 13.3 Å².